The van der Waals surface area contributed by atoms with Gasteiger partial charge in [-0.05, 0) is 72.5 Å². The van der Waals surface area contributed by atoms with Crippen molar-refractivity contribution in [3.63, 3.8) is 0 Å². The molecule has 0 N–H and O–H groups in total. The molecule has 0 bridgehead atoms. The van der Waals surface area contributed by atoms with Crippen molar-refractivity contribution in [2.75, 3.05) is 13.2 Å². The third-order valence-electron chi connectivity index (χ3n) is 8.11. The molecule has 0 atom stereocenters. The van der Waals surface area contributed by atoms with Crippen molar-refractivity contribution < 1.29 is 27.6 Å². The summed E-state index contributed by atoms with van der Waals surface area (Å²) in [5.74, 6) is 1.53. The molecule has 0 aliphatic heterocycles. The molecular weight excluding hydrogens is 593 g/mol. The van der Waals surface area contributed by atoms with E-state index in [-0.39, 0.29) is 11.6 Å². The molecular formula is C40H48BF2O4. The lowest BCUT2D eigenvalue weighted by Crippen LogP contribution is -2.10. The van der Waals surface area contributed by atoms with Gasteiger partial charge in [0.25, 0.3) is 0 Å². The Labute approximate surface area is 280 Å². The molecule has 0 heterocycles. The van der Waals surface area contributed by atoms with Gasteiger partial charge in [0, 0.05) is 23.3 Å². The summed E-state index contributed by atoms with van der Waals surface area (Å²) in [5, 5.41) is 0. The average molecular weight is 642 g/mol. The highest BCUT2D eigenvalue weighted by atomic mass is 19.1. The van der Waals surface area contributed by atoms with Crippen molar-refractivity contribution in [1.29, 1.82) is 0 Å². The zero-order chi connectivity index (χ0) is 33.1. The van der Waals surface area contributed by atoms with E-state index in [1.54, 1.807) is 60.7 Å². The molecule has 1 radical (unpaired) electrons. The normalized spacial score (nSPS) is 10.9. The zero-order valence-electron chi connectivity index (χ0n) is 27.9. The lowest BCUT2D eigenvalue weighted by atomic mass is 10.0. The Morgan fingerprint density at radius 2 is 0.809 bits per heavy atom. The molecule has 0 aliphatic carbocycles. The van der Waals surface area contributed by atoms with E-state index in [2.05, 4.69) is 13.8 Å². The van der Waals surface area contributed by atoms with Gasteiger partial charge in [-0.1, -0.05) is 102 Å². The van der Waals surface area contributed by atoms with Gasteiger partial charge in [-0.15, -0.1) is 0 Å². The van der Waals surface area contributed by atoms with Crippen LogP contribution in [-0.2, 0) is 0 Å². The summed E-state index contributed by atoms with van der Waals surface area (Å²) >= 11 is 0. The van der Waals surface area contributed by atoms with Gasteiger partial charge >= 0.3 is 7.69 Å². The minimum absolute atomic E-state index is 0.329. The summed E-state index contributed by atoms with van der Waals surface area (Å²) in [4.78, 5) is 0. The van der Waals surface area contributed by atoms with Gasteiger partial charge < -0.3 is 18.8 Å². The summed E-state index contributed by atoms with van der Waals surface area (Å²) in [5.41, 5.74) is 2.46. The lowest BCUT2D eigenvalue weighted by Gasteiger charge is -2.11. The molecule has 0 aromatic heterocycles. The first kappa shape index (κ1) is 35.9. The predicted molar refractivity (Wildman–Crippen MR) is 188 cm³/mol. The standard InChI is InChI=1S/C40H48BF2O4/c1-3-5-7-9-11-13-27-44-35-23-25-37(39(42)29-35)31-15-19-33(20-16-31)46-41-47-34-21-17-32(18-22-34)38-26-24-36(30-40(38)43)45-28-14-12-10-8-6-4-2/h15-26,29-30H,3-14,27-28H2,1-2H3. The van der Waals surface area contributed by atoms with Crippen molar-refractivity contribution in [2.24, 2.45) is 0 Å². The van der Waals surface area contributed by atoms with Crippen molar-refractivity contribution in [3.05, 3.63) is 96.6 Å². The maximum atomic E-state index is 14.9. The van der Waals surface area contributed by atoms with E-state index in [0.717, 1.165) is 36.8 Å². The molecule has 0 fully saturated rings. The number of ether oxygens (including phenoxy) is 2. The maximum absolute atomic E-state index is 14.9. The highest BCUT2D eigenvalue weighted by Gasteiger charge is 2.10. The SMILES string of the molecule is CCCCCCCCOc1ccc(-c2ccc(O[B]Oc3ccc(-c4ccc(OCCCCCCCC)cc4F)cc3)cc2)c(F)c1. The fourth-order valence-corrected chi connectivity index (χ4v) is 5.35. The van der Waals surface area contributed by atoms with Crippen LogP contribution >= 0.6 is 0 Å². The van der Waals surface area contributed by atoms with E-state index in [1.165, 1.54) is 71.2 Å². The molecule has 0 aliphatic rings. The predicted octanol–water partition coefficient (Wildman–Crippen LogP) is 11.8. The maximum Gasteiger partial charge on any atom is 0.658 e. The van der Waals surface area contributed by atoms with Crippen LogP contribution in [0.25, 0.3) is 22.3 Å². The first-order valence-corrected chi connectivity index (χ1v) is 17.3. The number of unbranched alkanes of at least 4 members (excludes halogenated alkanes) is 10. The van der Waals surface area contributed by atoms with Crippen LogP contribution in [0.5, 0.6) is 23.0 Å². The molecule has 4 aromatic carbocycles. The summed E-state index contributed by atoms with van der Waals surface area (Å²) in [6.07, 6.45) is 14.2. The summed E-state index contributed by atoms with van der Waals surface area (Å²) in [7, 11) is 1.23. The monoisotopic (exact) mass is 641 g/mol. The fourth-order valence-electron chi connectivity index (χ4n) is 5.35. The highest BCUT2D eigenvalue weighted by Crippen LogP contribution is 2.30. The van der Waals surface area contributed by atoms with Crippen molar-refractivity contribution >= 4 is 7.69 Å². The molecule has 0 saturated carbocycles. The second-order valence-electron chi connectivity index (χ2n) is 11.9. The van der Waals surface area contributed by atoms with E-state index < -0.39 is 0 Å². The largest absolute Gasteiger partial charge is 0.658 e. The smallest absolute Gasteiger partial charge is 0.526 e. The van der Waals surface area contributed by atoms with Gasteiger partial charge in [0.05, 0.1) is 13.2 Å². The van der Waals surface area contributed by atoms with E-state index in [0.29, 0.717) is 47.3 Å². The van der Waals surface area contributed by atoms with Crippen LogP contribution in [0.2, 0.25) is 0 Å². The van der Waals surface area contributed by atoms with Crippen LogP contribution in [0.3, 0.4) is 0 Å². The number of benzene rings is 4. The Hall–Kier alpha value is -4.00. The minimum atomic E-state index is -0.329. The summed E-state index contributed by atoms with van der Waals surface area (Å²) < 4.78 is 52.4. The Balaban J connectivity index is 1.18. The molecule has 7 heteroatoms. The highest BCUT2D eigenvalue weighted by molar-refractivity contribution is 6.20. The third-order valence-corrected chi connectivity index (χ3v) is 8.11. The molecule has 0 amide bonds. The van der Waals surface area contributed by atoms with E-state index in [1.807, 2.05) is 12.1 Å². The number of halogens is 2. The van der Waals surface area contributed by atoms with Crippen molar-refractivity contribution in [3.8, 4) is 45.3 Å². The molecule has 0 saturated heterocycles. The second kappa shape index (κ2) is 20.3. The third kappa shape index (κ3) is 12.3. The molecule has 4 nitrogen and oxygen atoms in total. The molecule has 4 aromatic rings. The van der Waals surface area contributed by atoms with Crippen LogP contribution in [0.4, 0.5) is 8.78 Å². The molecule has 249 valence electrons. The summed E-state index contributed by atoms with van der Waals surface area (Å²) in [6.45, 7) is 5.61. The van der Waals surface area contributed by atoms with Crippen molar-refractivity contribution in [1.82, 2.24) is 0 Å². The van der Waals surface area contributed by atoms with Crippen LogP contribution in [0.15, 0.2) is 84.9 Å². The van der Waals surface area contributed by atoms with E-state index in [4.69, 9.17) is 18.8 Å². The lowest BCUT2D eigenvalue weighted by molar-refractivity contribution is 0.303. The van der Waals surface area contributed by atoms with Gasteiger partial charge in [0.15, 0.2) is 0 Å². The zero-order valence-corrected chi connectivity index (χ0v) is 27.9. The van der Waals surface area contributed by atoms with Crippen LogP contribution < -0.4 is 18.8 Å². The Bertz CT molecular complexity index is 1350. The van der Waals surface area contributed by atoms with Gasteiger partial charge in [-0.3, -0.25) is 0 Å². The number of hydrogen-bond donors (Lipinski definition) is 0. The van der Waals surface area contributed by atoms with Gasteiger partial charge in [0.2, 0.25) is 0 Å². The fraction of sp³-hybridized carbons (Fsp3) is 0.400. The Morgan fingerprint density at radius 1 is 0.447 bits per heavy atom. The Kier molecular flexibility index (Phi) is 15.5. The van der Waals surface area contributed by atoms with Crippen LogP contribution in [0.1, 0.15) is 90.9 Å². The minimum Gasteiger partial charge on any atom is -0.526 e. The number of hydrogen-bond acceptors (Lipinski definition) is 4. The average Bonchev–Trinajstić information content (AvgIpc) is 3.08. The van der Waals surface area contributed by atoms with E-state index >= 15 is 0 Å². The quantitative estimate of drug-likeness (QED) is 0.0632. The topological polar surface area (TPSA) is 36.9 Å². The summed E-state index contributed by atoms with van der Waals surface area (Å²) in [6, 6.07) is 24.2. The molecule has 0 spiro atoms. The second-order valence-corrected chi connectivity index (χ2v) is 11.9. The van der Waals surface area contributed by atoms with Crippen molar-refractivity contribution in [2.45, 2.75) is 90.9 Å². The van der Waals surface area contributed by atoms with Gasteiger partial charge in [-0.2, -0.15) is 0 Å². The first-order valence-electron chi connectivity index (χ1n) is 17.3. The van der Waals surface area contributed by atoms with Gasteiger partial charge in [-0.25, -0.2) is 8.78 Å². The first-order chi connectivity index (χ1) is 23.1. The van der Waals surface area contributed by atoms with Crippen LogP contribution in [0, 0.1) is 11.6 Å². The van der Waals surface area contributed by atoms with Crippen LogP contribution in [-0.4, -0.2) is 20.9 Å². The van der Waals surface area contributed by atoms with Gasteiger partial charge in [0.1, 0.15) is 34.6 Å². The molecule has 47 heavy (non-hydrogen) atoms. The van der Waals surface area contributed by atoms with E-state index in [9.17, 15) is 8.78 Å². The molecule has 4 rings (SSSR count). The Morgan fingerprint density at radius 3 is 1.19 bits per heavy atom. The number of rotatable bonds is 22. The molecule has 0 unspecified atom stereocenters.